The number of carbonyl (C=O) groups is 2. The van der Waals surface area contributed by atoms with E-state index in [1.807, 2.05) is 28.3 Å². The van der Waals surface area contributed by atoms with E-state index in [2.05, 4.69) is 18.0 Å². The van der Waals surface area contributed by atoms with Crippen LogP contribution in [-0.4, -0.2) is 52.8 Å². The summed E-state index contributed by atoms with van der Waals surface area (Å²) in [6.45, 7) is 5.16. The zero-order chi connectivity index (χ0) is 17.6. The van der Waals surface area contributed by atoms with Gasteiger partial charge in [-0.15, -0.1) is 0 Å². The summed E-state index contributed by atoms with van der Waals surface area (Å²) in [6.07, 6.45) is 9.11. The minimum atomic E-state index is -0.000812. The van der Waals surface area contributed by atoms with Gasteiger partial charge in [-0.1, -0.05) is 13.0 Å². The Bertz CT molecular complexity index is 582. The Morgan fingerprint density at radius 3 is 2.76 bits per heavy atom. The molecule has 0 aromatic carbocycles. The first-order valence-corrected chi connectivity index (χ1v) is 9.62. The van der Waals surface area contributed by atoms with Crippen LogP contribution < -0.4 is 0 Å². The van der Waals surface area contributed by atoms with Gasteiger partial charge in [0.2, 0.25) is 11.8 Å². The van der Waals surface area contributed by atoms with Crippen molar-refractivity contribution in [3.05, 3.63) is 30.1 Å². The molecule has 5 heteroatoms. The van der Waals surface area contributed by atoms with Crippen molar-refractivity contribution >= 4 is 11.8 Å². The molecule has 1 atom stereocenters. The highest BCUT2D eigenvalue weighted by Crippen LogP contribution is 2.25. The number of amides is 2. The zero-order valence-corrected chi connectivity index (χ0v) is 15.2. The van der Waals surface area contributed by atoms with Gasteiger partial charge in [0.05, 0.1) is 5.92 Å². The van der Waals surface area contributed by atoms with Crippen LogP contribution >= 0.6 is 0 Å². The van der Waals surface area contributed by atoms with Gasteiger partial charge in [0, 0.05) is 45.0 Å². The van der Waals surface area contributed by atoms with Crippen LogP contribution in [0.5, 0.6) is 0 Å². The summed E-state index contributed by atoms with van der Waals surface area (Å²) in [7, 11) is 0. The SMILES string of the molecule is CCCN1C[C@@H](C(=O)N2CCC(Cc3cccnc3)CC2)CCC1=O. The molecule has 2 amide bonds. The van der Waals surface area contributed by atoms with Gasteiger partial charge in [-0.2, -0.15) is 0 Å². The molecule has 0 radical (unpaired) electrons. The lowest BCUT2D eigenvalue weighted by Gasteiger charge is -2.37. The third kappa shape index (κ3) is 4.59. The highest BCUT2D eigenvalue weighted by atomic mass is 16.2. The number of rotatable bonds is 5. The molecule has 3 rings (SSSR count). The number of pyridine rings is 1. The fraction of sp³-hybridized carbons (Fsp3) is 0.650. The summed E-state index contributed by atoms with van der Waals surface area (Å²) in [5, 5.41) is 0. The summed E-state index contributed by atoms with van der Waals surface area (Å²) in [4.78, 5) is 32.9. The van der Waals surface area contributed by atoms with E-state index in [0.717, 1.165) is 45.3 Å². The smallest absolute Gasteiger partial charge is 0.227 e. The van der Waals surface area contributed by atoms with Crippen LogP contribution in [0.15, 0.2) is 24.5 Å². The molecule has 0 spiro atoms. The third-order valence-electron chi connectivity index (χ3n) is 5.52. The van der Waals surface area contributed by atoms with Crippen LogP contribution in [0.25, 0.3) is 0 Å². The van der Waals surface area contributed by atoms with E-state index in [4.69, 9.17) is 0 Å². The summed E-state index contributed by atoms with van der Waals surface area (Å²) < 4.78 is 0. The molecule has 0 bridgehead atoms. The molecule has 1 aromatic rings. The van der Waals surface area contributed by atoms with Gasteiger partial charge in [0.1, 0.15) is 0 Å². The number of likely N-dealkylation sites (tertiary alicyclic amines) is 2. The topological polar surface area (TPSA) is 53.5 Å². The molecule has 2 saturated heterocycles. The van der Waals surface area contributed by atoms with Gasteiger partial charge in [-0.25, -0.2) is 0 Å². The molecule has 5 nitrogen and oxygen atoms in total. The normalized spacial score (nSPS) is 22.3. The lowest BCUT2D eigenvalue weighted by Crippen LogP contribution is -2.49. The van der Waals surface area contributed by atoms with Crippen LogP contribution in [0.3, 0.4) is 0 Å². The van der Waals surface area contributed by atoms with E-state index in [1.54, 1.807) is 0 Å². The monoisotopic (exact) mass is 343 g/mol. The number of nitrogens with zero attached hydrogens (tertiary/aromatic N) is 3. The molecule has 0 unspecified atom stereocenters. The van der Waals surface area contributed by atoms with Crippen molar-refractivity contribution in [2.45, 2.75) is 45.4 Å². The Morgan fingerprint density at radius 1 is 1.28 bits per heavy atom. The lowest BCUT2D eigenvalue weighted by molar-refractivity contribution is -0.144. The predicted octanol–water partition coefficient (Wildman–Crippen LogP) is 2.51. The molecule has 2 fully saturated rings. The number of hydrogen-bond acceptors (Lipinski definition) is 3. The van der Waals surface area contributed by atoms with Gasteiger partial charge in [0.15, 0.2) is 0 Å². The Morgan fingerprint density at radius 2 is 2.08 bits per heavy atom. The third-order valence-corrected chi connectivity index (χ3v) is 5.52. The Kier molecular flexibility index (Phi) is 6.05. The molecule has 0 aliphatic carbocycles. The maximum atomic E-state index is 12.9. The van der Waals surface area contributed by atoms with Gasteiger partial charge < -0.3 is 9.80 Å². The first-order valence-electron chi connectivity index (χ1n) is 9.62. The van der Waals surface area contributed by atoms with Crippen LogP contribution in [0.2, 0.25) is 0 Å². The Hall–Kier alpha value is -1.91. The minimum Gasteiger partial charge on any atom is -0.342 e. The zero-order valence-electron chi connectivity index (χ0n) is 15.2. The maximum Gasteiger partial charge on any atom is 0.227 e. The molecule has 2 aliphatic heterocycles. The summed E-state index contributed by atoms with van der Waals surface area (Å²) in [5.74, 6) is 1.10. The second-order valence-electron chi connectivity index (χ2n) is 7.41. The molecule has 25 heavy (non-hydrogen) atoms. The molecule has 1 aromatic heterocycles. The largest absolute Gasteiger partial charge is 0.342 e. The van der Waals surface area contributed by atoms with E-state index in [-0.39, 0.29) is 17.7 Å². The maximum absolute atomic E-state index is 12.9. The van der Waals surface area contributed by atoms with E-state index in [9.17, 15) is 9.59 Å². The number of aromatic nitrogens is 1. The van der Waals surface area contributed by atoms with Gasteiger partial charge in [-0.3, -0.25) is 14.6 Å². The van der Waals surface area contributed by atoms with Crippen molar-refractivity contribution in [2.75, 3.05) is 26.2 Å². The van der Waals surface area contributed by atoms with E-state index in [0.29, 0.717) is 25.3 Å². The van der Waals surface area contributed by atoms with Crippen molar-refractivity contribution in [3.8, 4) is 0 Å². The first kappa shape index (κ1) is 17.9. The highest BCUT2D eigenvalue weighted by molar-refractivity contribution is 5.84. The van der Waals surface area contributed by atoms with E-state index >= 15 is 0 Å². The number of carbonyl (C=O) groups excluding carboxylic acids is 2. The average molecular weight is 343 g/mol. The molecule has 0 N–H and O–H groups in total. The molecule has 2 aliphatic rings. The lowest BCUT2D eigenvalue weighted by atomic mass is 9.89. The second-order valence-corrected chi connectivity index (χ2v) is 7.41. The Balaban J connectivity index is 1.49. The highest BCUT2D eigenvalue weighted by Gasteiger charge is 2.33. The fourth-order valence-corrected chi connectivity index (χ4v) is 4.07. The fourth-order valence-electron chi connectivity index (χ4n) is 4.07. The standard InChI is InChI=1S/C20H29N3O2/c1-2-10-23-15-18(5-6-19(23)24)20(25)22-11-7-16(8-12-22)13-17-4-3-9-21-14-17/h3-4,9,14,16,18H,2,5-8,10-13,15H2,1H3/t18-/m0/s1. The molecular formula is C20H29N3O2. The van der Waals surface area contributed by atoms with Crippen LogP contribution in [0.1, 0.15) is 44.6 Å². The molecule has 3 heterocycles. The van der Waals surface area contributed by atoms with Crippen molar-refractivity contribution in [1.29, 1.82) is 0 Å². The summed E-state index contributed by atoms with van der Waals surface area (Å²) in [6, 6.07) is 4.12. The van der Waals surface area contributed by atoms with Crippen LogP contribution in [-0.2, 0) is 16.0 Å². The summed E-state index contributed by atoms with van der Waals surface area (Å²) >= 11 is 0. The number of piperidine rings is 2. The summed E-state index contributed by atoms with van der Waals surface area (Å²) in [5.41, 5.74) is 1.29. The van der Waals surface area contributed by atoms with E-state index in [1.165, 1.54) is 5.56 Å². The molecule has 136 valence electrons. The number of hydrogen-bond donors (Lipinski definition) is 0. The minimum absolute atomic E-state index is 0.000812. The van der Waals surface area contributed by atoms with Crippen LogP contribution in [0, 0.1) is 11.8 Å². The van der Waals surface area contributed by atoms with Gasteiger partial charge in [0.25, 0.3) is 0 Å². The van der Waals surface area contributed by atoms with Crippen molar-refractivity contribution in [2.24, 2.45) is 11.8 Å². The van der Waals surface area contributed by atoms with Crippen molar-refractivity contribution in [1.82, 2.24) is 14.8 Å². The Labute approximate surface area is 150 Å². The van der Waals surface area contributed by atoms with Crippen molar-refractivity contribution < 1.29 is 9.59 Å². The molecular weight excluding hydrogens is 314 g/mol. The van der Waals surface area contributed by atoms with Gasteiger partial charge >= 0.3 is 0 Å². The average Bonchev–Trinajstić information content (AvgIpc) is 2.65. The van der Waals surface area contributed by atoms with Crippen molar-refractivity contribution in [3.63, 3.8) is 0 Å². The van der Waals surface area contributed by atoms with E-state index < -0.39 is 0 Å². The first-order chi connectivity index (χ1) is 12.2. The quantitative estimate of drug-likeness (QED) is 0.825. The predicted molar refractivity (Wildman–Crippen MR) is 96.8 cm³/mol. The van der Waals surface area contributed by atoms with Crippen LogP contribution in [0.4, 0.5) is 0 Å². The second kappa shape index (κ2) is 8.45. The van der Waals surface area contributed by atoms with Gasteiger partial charge in [-0.05, 0) is 49.7 Å². The molecule has 0 saturated carbocycles.